The Morgan fingerprint density at radius 1 is 1.50 bits per heavy atom. The van der Waals surface area contributed by atoms with E-state index in [4.69, 9.17) is 5.73 Å². The van der Waals surface area contributed by atoms with Crippen LogP contribution >= 0.6 is 0 Å². The van der Waals surface area contributed by atoms with Crippen molar-refractivity contribution in [2.45, 2.75) is 32.4 Å². The number of nitrogens with two attached hydrogens (primary N) is 1. The van der Waals surface area contributed by atoms with E-state index in [0.29, 0.717) is 19.1 Å². The first-order valence-corrected chi connectivity index (χ1v) is 6.34. The molecule has 2 N–H and O–H groups in total. The first kappa shape index (κ1) is 13.0. The van der Waals surface area contributed by atoms with Gasteiger partial charge in [0.2, 0.25) is 5.91 Å². The molecule has 0 bridgehead atoms. The summed E-state index contributed by atoms with van der Waals surface area (Å²) >= 11 is 0. The fourth-order valence-electron chi connectivity index (χ4n) is 2.50. The van der Waals surface area contributed by atoms with Crippen molar-refractivity contribution in [3.05, 3.63) is 35.6 Å². The number of amides is 1. The van der Waals surface area contributed by atoms with Gasteiger partial charge in [0.15, 0.2) is 0 Å². The highest BCUT2D eigenvalue weighted by atomic mass is 19.1. The summed E-state index contributed by atoms with van der Waals surface area (Å²) in [5, 5.41) is 0. The summed E-state index contributed by atoms with van der Waals surface area (Å²) in [5.74, 6) is -0.524. The number of carbonyl (C=O) groups is 1. The summed E-state index contributed by atoms with van der Waals surface area (Å²) in [6.45, 7) is 3.48. The van der Waals surface area contributed by atoms with Gasteiger partial charge in [0.25, 0.3) is 0 Å². The fraction of sp³-hybridized carbons (Fsp3) is 0.500. The number of hydrogen-bond acceptors (Lipinski definition) is 2. The molecule has 0 radical (unpaired) electrons. The second-order valence-corrected chi connectivity index (χ2v) is 5.09. The summed E-state index contributed by atoms with van der Waals surface area (Å²) in [5.41, 5.74) is 6.30. The second-order valence-electron chi connectivity index (χ2n) is 5.09. The van der Waals surface area contributed by atoms with E-state index in [2.05, 4.69) is 11.8 Å². The molecule has 2 atom stereocenters. The Hall–Kier alpha value is -1.42. The monoisotopic (exact) mass is 250 g/mol. The number of carbonyl (C=O) groups excluding carboxylic acids is 1. The van der Waals surface area contributed by atoms with Gasteiger partial charge in [-0.05, 0) is 37.5 Å². The fourth-order valence-corrected chi connectivity index (χ4v) is 2.50. The zero-order valence-electron chi connectivity index (χ0n) is 10.6. The van der Waals surface area contributed by atoms with Gasteiger partial charge in [-0.2, -0.15) is 0 Å². The zero-order valence-corrected chi connectivity index (χ0v) is 10.6. The van der Waals surface area contributed by atoms with Crippen molar-refractivity contribution in [3.8, 4) is 0 Å². The molecule has 1 aliphatic heterocycles. The van der Waals surface area contributed by atoms with Crippen LogP contribution < -0.4 is 5.73 Å². The highest BCUT2D eigenvalue weighted by Gasteiger charge is 2.28. The van der Waals surface area contributed by atoms with E-state index >= 15 is 0 Å². The Labute approximate surface area is 107 Å². The van der Waals surface area contributed by atoms with E-state index in [9.17, 15) is 9.18 Å². The standard InChI is InChI=1S/C14H19FN2O/c1-10-5-6-12(14(16)18)9-17(10)8-11-3-2-4-13(15)7-11/h2-4,7,10,12H,5-6,8-9H2,1H3,(H2,16,18). The Morgan fingerprint density at radius 3 is 2.94 bits per heavy atom. The highest BCUT2D eigenvalue weighted by Crippen LogP contribution is 2.23. The molecule has 18 heavy (non-hydrogen) atoms. The van der Waals surface area contributed by atoms with Crippen LogP contribution in [0.15, 0.2) is 24.3 Å². The maximum absolute atomic E-state index is 13.1. The van der Waals surface area contributed by atoms with Crippen LogP contribution in [0.5, 0.6) is 0 Å². The van der Waals surface area contributed by atoms with Crippen LogP contribution in [0.4, 0.5) is 4.39 Å². The van der Waals surface area contributed by atoms with Gasteiger partial charge in [-0.1, -0.05) is 12.1 Å². The van der Waals surface area contributed by atoms with Crippen molar-refractivity contribution in [1.29, 1.82) is 0 Å². The number of primary amides is 1. The van der Waals surface area contributed by atoms with Crippen molar-refractivity contribution in [3.63, 3.8) is 0 Å². The van der Waals surface area contributed by atoms with Crippen molar-refractivity contribution in [1.82, 2.24) is 4.90 Å². The van der Waals surface area contributed by atoms with Crippen LogP contribution in [0.1, 0.15) is 25.3 Å². The Bertz CT molecular complexity index is 436. The van der Waals surface area contributed by atoms with Crippen LogP contribution in [0, 0.1) is 11.7 Å². The Morgan fingerprint density at radius 2 is 2.28 bits per heavy atom. The van der Waals surface area contributed by atoms with Gasteiger partial charge in [0.1, 0.15) is 5.82 Å². The van der Waals surface area contributed by atoms with Gasteiger partial charge in [0, 0.05) is 19.1 Å². The van der Waals surface area contributed by atoms with Gasteiger partial charge < -0.3 is 5.73 Å². The van der Waals surface area contributed by atoms with E-state index in [1.54, 1.807) is 12.1 Å². The van der Waals surface area contributed by atoms with Crippen LogP contribution in [-0.2, 0) is 11.3 Å². The molecule has 1 saturated heterocycles. The molecule has 0 aromatic heterocycles. The van der Waals surface area contributed by atoms with Crippen LogP contribution in [0.25, 0.3) is 0 Å². The number of rotatable bonds is 3. The SMILES string of the molecule is CC1CCC(C(N)=O)CN1Cc1cccc(F)c1. The van der Waals surface area contributed by atoms with E-state index < -0.39 is 0 Å². The predicted octanol–water partition coefficient (Wildman–Crippen LogP) is 1.91. The topological polar surface area (TPSA) is 46.3 Å². The molecule has 1 aliphatic rings. The molecule has 0 saturated carbocycles. The van der Waals surface area contributed by atoms with E-state index in [0.717, 1.165) is 18.4 Å². The summed E-state index contributed by atoms with van der Waals surface area (Å²) in [7, 11) is 0. The number of piperidine rings is 1. The number of hydrogen-bond donors (Lipinski definition) is 1. The van der Waals surface area contributed by atoms with Gasteiger partial charge in [0.05, 0.1) is 5.92 Å². The van der Waals surface area contributed by atoms with E-state index in [1.165, 1.54) is 6.07 Å². The average Bonchev–Trinajstić information content (AvgIpc) is 2.31. The minimum atomic E-state index is -0.230. The van der Waals surface area contributed by atoms with Crippen molar-refractivity contribution >= 4 is 5.91 Å². The lowest BCUT2D eigenvalue weighted by atomic mass is 9.92. The molecule has 0 aliphatic carbocycles. The number of nitrogens with zero attached hydrogens (tertiary/aromatic N) is 1. The maximum Gasteiger partial charge on any atom is 0.221 e. The molecule has 1 aromatic carbocycles. The third-order valence-electron chi connectivity index (χ3n) is 3.69. The lowest BCUT2D eigenvalue weighted by molar-refractivity contribution is -0.124. The quantitative estimate of drug-likeness (QED) is 0.890. The van der Waals surface area contributed by atoms with Gasteiger partial charge in [-0.15, -0.1) is 0 Å². The molecule has 1 amide bonds. The number of likely N-dealkylation sites (tertiary alicyclic amines) is 1. The minimum absolute atomic E-state index is 0.0743. The van der Waals surface area contributed by atoms with Gasteiger partial charge in [-0.25, -0.2) is 4.39 Å². The normalized spacial score (nSPS) is 25.0. The Kier molecular flexibility index (Phi) is 3.97. The molecule has 1 aromatic rings. The third kappa shape index (κ3) is 3.07. The number of halogens is 1. The average molecular weight is 250 g/mol. The molecule has 98 valence electrons. The Balaban J connectivity index is 2.04. The molecule has 4 heteroatoms. The van der Waals surface area contributed by atoms with E-state index in [1.807, 2.05) is 6.07 Å². The lowest BCUT2D eigenvalue weighted by Crippen LogP contribution is -2.45. The first-order chi connectivity index (χ1) is 8.56. The molecule has 2 unspecified atom stereocenters. The molecular weight excluding hydrogens is 231 g/mol. The molecular formula is C14H19FN2O. The minimum Gasteiger partial charge on any atom is -0.369 e. The lowest BCUT2D eigenvalue weighted by Gasteiger charge is -2.36. The maximum atomic E-state index is 13.1. The van der Waals surface area contributed by atoms with Crippen molar-refractivity contribution in [2.75, 3.05) is 6.54 Å². The first-order valence-electron chi connectivity index (χ1n) is 6.34. The largest absolute Gasteiger partial charge is 0.369 e. The molecule has 1 fully saturated rings. The summed E-state index contributed by atoms with van der Waals surface area (Å²) < 4.78 is 13.1. The molecule has 0 spiro atoms. The summed E-state index contributed by atoms with van der Waals surface area (Å²) in [6.07, 6.45) is 1.82. The summed E-state index contributed by atoms with van der Waals surface area (Å²) in [6, 6.07) is 7.01. The van der Waals surface area contributed by atoms with Crippen molar-refractivity contribution < 1.29 is 9.18 Å². The smallest absolute Gasteiger partial charge is 0.221 e. The van der Waals surface area contributed by atoms with E-state index in [-0.39, 0.29) is 17.6 Å². The second kappa shape index (κ2) is 5.48. The molecule has 3 nitrogen and oxygen atoms in total. The highest BCUT2D eigenvalue weighted by molar-refractivity contribution is 5.76. The van der Waals surface area contributed by atoms with Crippen LogP contribution in [0.2, 0.25) is 0 Å². The van der Waals surface area contributed by atoms with Crippen molar-refractivity contribution in [2.24, 2.45) is 11.7 Å². The number of benzene rings is 1. The molecule has 1 heterocycles. The predicted molar refractivity (Wildman–Crippen MR) is 68.2 cm³/mol. The summed E-state index contributed by atoms with van der Waals surface area (Å²) in [4.78, 5) is 13.5. The van der Waals surface area contributed by atoms with Crippen LogP contribution in [-0.4, -0.2) is 23.4 Å². The molecule has 2 rings (SSSR count). The van der Waals surface area contributed by atoms with Crippen LogP contribution in [0.3, 0.4) is 0 Å². The third-order valence-corrected chi connectivity index (χ3v) is 3.69. The van der Waals surface area contributed by atoms with Gasteiger partial charge in [-0.3, -0.25) is 9.69 Å². The zero-order chi connectivity index (χ0) is 13.1. The van der Waals surface area contributed by atoms with Gasteiger partial charge >= 0.3 is 0 Å².